The molecule has 0 fully saturated rings. The maximum absolute atomic E-state index is 11.8. The third-order valence-electron chi connectivity index (χ3n) is 1.95. The van der Waals surface area contributed by atoms with E-state index in [2.05, 4.69) is 4.72 Å². The number of aliphatic hydroxyl groups excluding tert-OH is 1. The lowest BCUT2D eigenvalue weighted by Gasteiger charge is -2.09. The molecule has 0 atom stereocenters. The average molecular weight is 314 g/mol. The molecule has 0 aliphatic rings. The highest BCUT2D eigenvalue weighted by Gasteiger charge is 2.21. The van der Waals surface area contributed by atoms with Crippen molar-refractivity contribution in [2.75, 3.05) is 13.2 Å². The van der Waals surface area contributed by atoms with Crippen LogP contribution in [-0.2, 0) is 10.0 Å². The number of benzene rings is 1. The summed E-state index contributed by atoms with van der Waals surface area (Å²) in [6.07, 6.45) is 0. The monoisotopic (exact) mass is 313 g/mol. The first-order valence-corrected chi connectivity index (χ1v) is 6.86. The molecular weight excluding hydrogens is 305 g/mol. The van der Waals surface area contributed by atoms with Gasteiger partial charge in [0.2, 0.25) is 10.0 Å². The first kappa shape index (κ1) is 15.2. The van der Waals surface area contributed by atoms with Crippen LogP contribution in [0, 0.1) is 0 Å². The molecule has 1 rings (SSSR count). The summed E-state index contributed by atoms with van der Waals surface area (Å²) in [5.41, 5.74) is -0.370. The van der Waals surface area contributed by atoms with E-state index >= 15 is 0 Å². The fourth-order valence-electron chi connectivity index (χ4n) is 1.16. The summed E-state index contributed by atoms with van der Waals surface area (Å²) in [5.74, 6) is -1.37. The summed E-state index contributed by atoms with van der Waals surface area (Å²) in [6.45, 7) is -0.597. The topological polar surface area (TPSA) is 104 Å². The van der Waals surface area contributed by atoms with Gasteiger partial charge in [0.1, 0.15) is 4.90 Å². The minimum Gasteiger partial charge on any atom is -0.478 e. The Labute approximate surface area is 113 Å². The molecule has 100 valence electrons. The molecule has 0 heterocycles. The van der Waals surface area contributed by atoms with Crippen molar-refractivity contribution in [2.45, 2.75) is 4.90 Å². The highest BCUT2D eigenvalue weighted by molar-refractivity contribution is 7.89. The van der Waals surface area contributed by atoms with Crippen LogP contribution < -0.4 is 4.72 Å². The first-order chi connectivity index (χ1) is 8.29. The molecule has 0 aromatic heterocycles. The molecule has 3 N–H and O–H groups in total. The van der Waals surface area contributed by atoms with Crippen molar-refractivity contribution < 1.29 is 23.4 Å². The van der Waals surface area contributed by atoms with Gasteiger partial charge in [0, 0.05) is 6.54 Å². The van der Waals surface area contributed by atoms with Crippen LogP contribution in [0.5, 0.6) is 0 Å². The number of carboxylic acids is 1. The largest absolute Gasteiger partial charge is 0.478 e. The van der Waals surface area contributed by atoms with Gasteiger partial charge in [-0.2, -0.15) is 0 Å². The smallest absolute Gasteiger partial charge is 0.337 e. The molecule has 1 aromatic rings. The molecule has 6 nitrogen and oxygen atoms in total. The molecule has 0 radical (unpaired) electrons. The van der Waals surface area contributed by atoms with Gasteiger partial charge in [-0.25, -0.2) is 17.9 Å². The Kier molecular flexibility index (Phi) is 4.94. The number of nitrogens with one attached hydrogen (secondary N) is 1. The van der Waals surface area contributed by atoms with Gasteiger partial charge >= 0.3 is 5.97 Å². The predicted molar refractivity (Wildman–Crippen MR) is 65.7 cm³/mol. The summed E-state index contributed by atoms with van der Waals surface area (Å²) in [4.78, 5) is 10.4. The summed E-state index contributed by atoms with van der Waals surface area (Å²) < 4.78 is 25.6. The highest BCUT2D eigenvalue weighted by atomic mass is 35.5. The van der Waals surface area contributed by atoms with Crippen LogP contribution in [0.4, 0.5) is 0 Å². The van der Waals surface area contributed by atoms with Crippen molar-refractivity contribution in [1.82, 2.24) is 4.72 Å². The van der Waals surface area contributed by atoms with Gasteiger partial charge in [0.15, 0.2) is 0 Å². The van der Waals surface area contributed by atoms with Crippen LogP contribution in [0.2, 0.25) is 10.0 Å². The summed E-state index contributed by atoms with van der Waals surface area (Å²) in [5, 5.41) is 17.0. The molecule has 18 heavy (non-hydrogen) atoms. The van der Waals surface area contributed by atoms with Gasteiger partial charge in [-0.3, -0.25) is 0 Å². The van der Waals surface area contributed by atoms with Gasteiger partial charge in [-0.05, 0) is 12.1 Å². The van der Waals surface area contributed by atoms with Gasteiger partial charge < -0.3 is 10.2 Å². The molecule has 0 spiro atoms. The lowest BCUT2D eigenvalue weighted by Crippen LogP contribution is -2.27. The van der Waals surface area contributed by atoms with E-state index < -0.39 is 27.5 Å². The van der Waals surface area contributed by atoms with E-state index in [1.165, 1.54) is 0 Å². The SMILES string of the molecule is O=C(O)c1cc(S(=O)(=O)NCCO)c(Cl)cc1Cl. The number of carbonyl (C=O) groups is 1. The van der Waals surface area contributed by atoms with Gasteiger partial charge in [-0.1, -0.05) is 23.2 Å². The molecule has 0 saturated heterocycles. The van der Waals surface area contributed by atoms with Crippen LogP contribution in [0.25, 0.3) is 0 Å². The Bertz CT molecular complexity index is 573. The Morgan fingerprint density at radius 1 is 1.28 bits per heavy atom. The second-order valence-electron chi connectivity index (χ2n) is 3.19. The van der Waals surface area contributed by atoms with E-state index in [4.69, 9.17) is 33.4 Å². The summed E-state index contributed by atoms with van der Waals surface area (Å²) >= 11 is 11.3. The molecule has 0 aliphatic carbocycles. The second kappa shape index (κ2) is 5.85. The second-order valence-corrected chi connectivity index (χ2v) is 5.74. The molecule has 0 amide bonds. The van der Waals surface area contributed by atoms with Crippen molar-refractivity contribution in [3.8, 4) is 0 Å². The lowest BCUT2D eigenvalue weighted by molar-refractivity contribution is 0.0697. The minimum atomic E-state index is -3.99. The van der Waals surface area contributed by atoms with Crippen molar-refractivity contribution >= 4 is 39.2 Å². The van der Waals surface area contributed by atoms with Crippen molar-refractivity contribution in [3.63, 3.8) is 0 Å². The van der Waals surface area contributed by atoms with Crippen LogP contribution in [0.15, 0.2) is 17.0 Å². The molecule has 0 saturated carbocycles. The van der Waals surface area contributed by atoms with E-state index in [9.17, 15) is 13.2 Å². The third kappa shape index (κ3) is 3.33. The number of hydrogen-bond acceptors (Lipinski definition) is 4. The number of rotatable bonds is 5. The molecular formula is C9H9Cl2NO5S. The van der Waals surface area contributed by atoms with Crippen LogP contribution >= 0.6 is 23.2 Å². The van der Waals surface area contributed by atoms with E-state index in [1.807, 2.05) is 0 Å². The van der Waals surface area contributed by atoms with Crippen LogP contribution in [0.3, 0.4) is 0 Å². The molecule has 0 unspecified atom stereocenters. The predicted octanol–water partition coefficient (Wildman–Crippen LogP) is 0.962. The number of aliphatic hydroxyl groups is 1. The standard InChI is InChI=1S/C9H9Cl2NO5S/c10-6-4-7(11)8(3-5(6)9(14)15)18(16,17)12-1-2-13/h3-4,12-13H,1-2H2,(H,14,15). The van der Waals surface area contributed by atoms with E-state index in [0.717, 1.165) is 12.1 Å². The number of hydrogen-bond donors (Lipinski definition) is 3. The minimum absolute atomic E-state index is 0.159. The Balaban J connectivity index is 3.33. The highest BCUT2D eigenvalue weighted by Crippen LogP contribution is 2.28. The summed E-state index contributed by atoms with van der Waals surface area (Å²) in [7, 11) is -3.99. The van der Waals surface area contributed by atoms with E-state index in [0.29, 0.717) is 0 Å². The normalized spacial score (nSPS) is 11.5. The Morgan fingerprint density at radius 3 is 2.39 bits per heavy atom. The number of carboxylic acid groups (broad SMARTS) is 1. The quantitative estimate of drug-likeness (QED) is 0.751. The average Bonchev–Trinajstić information content (AvgIpc) is 2.25. The van der Waals surface area contributed by atoms with Gasteiger partial charge in [-0.15, -0.1) is 0 Å². The fourth-order valence-corrected chi connectivity index (χ4v) is 3.03. The number of sulfonamides is 1. The van der Waals surface area contributed by atoms with E-state index in [1.54, 1.807) is 0 Å². The zero-order valence-electron chi connectivity index (χ0n) is 8.85. The summed E-state index contributed by atoms with van der Waals surface area (Å²) in [6, 6.07) is 1.91. The van der Waals surface area contributed by atoms with Gasteiger partial charge in [0.05, 0.1) is 22.2 Å². The van der Waals surface area contributed by atoms with Crippen molar-refractivity contribution in [3.05, 3.63) is 27.7 Å². The Morgan fingerprint density at radius 2 is 1.89 bits per heavy atom. The van der Waals surface area contributed by atoms with E-state index in [-0.39, 0.29) is 22.2 Å². The number of halogens is 2. The zero-order chi connectivity index (χ0) is 13.9. The van der Waals surface area contributed by atoms with Crippen molar-refractivity contribution in [1.29, 1.82) is 0 Å². The zero-order valence-corrected chi connectivity index (χ0v) is 11.2. The Hall–Kier alpha value is -0.860. The lowest BCUT2D eigenvalue weighted by atomic mass is 10.2. The third-order valence-corrected chi connectivity index (χ3v) is 4.18. The fraction of sp³-hybridized carbons (Fsp3) is 0.222. The number of aromatic carboxylic acids is 1. The molecule has 1 aromatic carbocycles. The van der Waals surface area contributed by atoms with Crippen LogP contribution in [0.1, 0.15) is 10.4 Å². The van der Waals surface area contributed by atoms with Crippen molar-refractivity contribution in [2.24, 2.45) is 0 Å². The van der Waals surface area contributed by atoms with Gasteiger partial charge in [0.25, 0.3) is 0 Å². The molecule has 9 heteroatoms. The first-order valence-electron chi connectivity index (χ1n) is 4.62. The molecule has 0 bridgehead atoms. The maximum atomic E-state index is 11.8. The maximum Gasteiger partial charge on any atom is 0.337 e. The molecule has 0 aliphatic heterocycles. The van der Waals surface area contributed by atoms with Crippen LogP contribution in [-0.4, -0.2) is 37.8 Å².